The van der Waals surface area contributed by atoms with Crippen LogP contribution in [-0.2, 0) is 6.54 Å². The van der Waals surface area contributed by atoms with Crippen LogP contribution in [-0.4, -0.2) is 26.3 Å². The van der Waals surface area contributed by atoms with E-state index in [1.807, 2.05) is 17.7 Å². The van der Waals surface area contributed by atoms with Crippen LogP contribution in [0.15, 0.2) is 12.3 Å². The molecule has 0 bridgehead atoms. The lowest BCUT2D eigenvalue weighted by Crippen LogP contribution is -2.08. The first-order valence-corrected chi connectivity index (χ1v) is 7.05. The highest BCUT2D eigenvalue weighted by Crippen LogP contribution is 2.23. The van der Waals surface area contributed by atoms with E-state index in [4.69, 9.17) is 0 Å². The predicted molar refractivity (Wildman–Crippen MR) is 80.5 cm³/mol. The Morgan fingerprint density at radius 2 is 2.11 bits per heavy atom. The standard InChI is InChI=1S/C12H16IN5/c1-4-14-12-10(13)8(3)16-11(17-12)9-6-7-15-18(9)5-2/h6-7H,4-5H2,1-3H3,(H,14,16,17). The summed E-state index contributed by atoms with van der Waals surface area (Å²) in [6.07, 6.45) is 1.78. The summed E-state index contributed by atoms with van der Waals surface area (Å²) in [5, 5.41) is 7.52. The molecular formula is C12H16IN5. The Hall–Kier alpha value is -1.18. The van der Waals surface area contributed by atoms with Crippen LogP contribution in [0.4, 0.5) is 5.82 Å². The van der Waals surface area contributed by atoms with Gasteiger partial charge in [0.25, 0.3) is 0 Å². The second-order valence-electron chi connectivity index (χ2n) is 3.86. The van der Waals surface area contributed by atoms with E-state index in [0.29, 0.717) is 0 Å². The van der Waals surface area contributed by atoms with Crippen molar-refractivity contribution < 1.29 is 0 Å². The molecule has 0 atom stereocenters. The molecule has 2 heterocycles. The van der Waals surface area contributed by atoms with E-state index in [-0.39, 0.29) is 0 Å². The molecule has 0 aromatic carbocycles. The molecule has 18 heavy (non-hydrogen) atoms. The van der Waals surface area contributed by atoms with Gasteiger partial charge in [-0.1, -0.05) is 0 Å². The Bertz CT molecular complexity index is 549. The number of aryl methyl sites for hydroxylation is 2. The fourth-order valence-electron chi connectivity index (χ4n) is 1.73. The van der Waals surface area contributed by atoms with Crippen molar-refractivity contribution >= 4 is 28.4 Å². The van der Waals surface area contributed by atoms with Crippen molar-refractivity contribution in [3.05, 3.63) is 21.5 Å². The maximum absolute atomic E-state index is 4.58. The summed E-state index contributed by atoms with van der Waals surface area (Å²) >= 11 is 2.27. The van der Waals surface area contributed by atoms with Gasteiger partial charge in [0.1, 0.15) is 11.5 Å². The van der Waals surface area contributed by atoms with Crippen LogP contribution in [0.5, 0.6) is 0 Å². The number of nitrogens with one attached hydrogen (secondary N) is 1. The second-order valence-corrected chi connectivity index (χ2v) is 4.94. The number of hydrogen-bond donors (Lipinski definition) is 1. The van der Waals surface area contributed by atoms with Crippen molar-refractivity contribution in [3.63, 3.8) is 0 Å². The number of anilines is 1. The third kappa shape index (κ3) is 2.47. The normalized spacial score (nSPS) is 10.7. The Balaban J connectivity index is 2.52. The van der Waals surface area contributed by atoms with Crippen LogP contribution >= 0.6 is 22.6 Å². The SMILES string of the molecule is CCNc1nc(-c2ccnn2CC)nc(C)c1I. The lowest BCUT2D eigenvalue weighted by molar-refractivity contribution is 0.663. The van der Waals surface area contributed by atoms with Crippen LogP contribution in [0.3, 0.4) is 0 Å². The molecule has 1 N–H and O–H groups in total. The molecule has 0 aliphatic heterocycles. The highest BCUT2D eigenvalue weighted by atomic mass is 127. The summed E-state index contributed by atoms with van der Waals surface area (Å²) in [6, 6.07) is 1.95. The average Bonchev–Trinajstić information content (AvgIpc) is 2.83. The van der Waals surface area contributed by atoms with E-state index in [0.717, 1.165) is 39.7 Å². The Morgan fingerprint density at radius 3 is 2.78 bits per heavy atom. The minimum atomic E-state index is 0.725. The summed E-state index contributed by atoms with van der Waals surface area (Å²) in [6.45, 7) is 7.78. The number of halogens is 1. The van der Waals surface area contributed by atoms with Gasteiger partial charge in [0, 0.05) is 19.3 Å². The van der Waals surface area contributed by atoms with E-state index in [1.165, 1.54) is 0 Å². The number of aromatic nitrogens is 4. The molecule has 6 heteroatoms. The van der Waals surface area contributed by atoms with Crippen LogP contribution in [0.2, 0.25) is 0 Å². The van der Waals surface area contributed by atoms with Crippen LogP contribution in [0, 0.1) is 10.5 Å². The molecule has 2 rings (SSSR count). The fraction of sp³-hybridized carbons (Fsp3) is 0.417. The number of nitrogens with zero attached hydrogens (tertiary/aromatic N) is 4. The summed E-state index contributed by atoms with van der Waals surface area (Å²) in [5.74, 6) is 1.62. The average molecular weight is 357 g/mol. The Kier molecular flexibility index (Phi) is 4.15. The molecule has 0 aliphatic rings. The lowest BCUT2D eigenvalue weighted by Gasteiger charge is -2.10. The predicted octanol–water partition coefficient (Wildman–Crippen LogP) is 2.70. The highest BCUT2D eigenvalue weighted by Gasteiger charge is 2.13. The Labute approximate surface area is 120 Å². The van der Waals surface area contributed by atoms with Gasteiger partial charge in [0.15, 0.2) is 5.82 Å². The number of hydrogen-bond acceptors (Lipinski definition) is 4. The molecule has 0 unspecified atom stereocenters. The molecule has 2 aromatic rings. The van der Waals surface area contributed by atoms with Crippen molar-refractivity contribution in [2.75, 3.05) is 11.9 Å². The summed E-state index contributed by atoms with van der Waals surface area (Å²) in [5.41, 5.74) is 1.94. The molecule has 0 fully saturated rings. The fourth-order valence-corrected chi connectivity index (χ4v) is 2.16. The van der Waals surface area contributed by atoms with Crippen molar-refractivity contribution in [1.29, 1.82) is 0 Å². The molecule has 0 aliphatic carbocycles. The van der Waals surface area contributed by atoms with Gasteiger partial charge >= 0.3 is 0 Å². The summed E-state index contributed by atoms with van der Waals surface area (Å²) in [4.78, 5) is 9.13. The summed E-state index contributed by atoms with van der Waals surface area (Å²) < 4.78 is 2.97. The largest absolute Gasteiger partial charge is 0.369 e. The van der Waals surface area contributed by atoms with Gasteiger partial charge in [0.05, 0.1) is 9.26 Å². The zero-order valence-electron chi connectivity index (χ0n) is 10.7. The highest BCUT2D eigenvalue weighted by molar-refractivity contribution is 14.1. The van der Waals surface area contributed by atoms with E-state index < -0.39 is 0 Å². The maximum atomic E-state index is 4.58. The third-order valence-electron chi connectivity index (χ3n) is 2.61. The molecule has 0 spiro atoms. The zero-order valence-corrected chi connectivity index (χ0v) is 12.9. The van der Waals surface area contributed by atoms with Gasteiger partial charge in [-0.3, -0.25) is 4.68 Å². The molecule has 5 nitrogen and oxygen atoms in total. The molecule has 0 saturated carbocycles. The maximum Gasteiger partial charge on any atom is 0.180 e. The van der Waals surface area contributed by atoms with Crippen LogP contribution < -0.4 is 5.32 Å². The van der Waals surface area contributed by atoms with Gasteiger partial charge < -0.3 is 5.32 Å². The smallest absolute Gasteiger partial charge is 0.180 e. The third-order valence-corrected chi connectivity index (χ3v) is 3.90. The van der Waals surface area contributed by atoms with Crippen LogP contribution in [0.25, 0.3) is 11.5 Å². The Morgan fingerprint density at radius 1 is 1.33 bits per heavy atom. The van der Waals surface area contributed by atoms with Gasteiger partial charge in [-0.15, -0.1) is 0 Å². The lowest BCUT2D eigenvalue weighted by atomic mass is 10.3. The number of rotatable bonds is 4. The van der Waals surface area contributed by atoms with Crippen LogP contribution in [0.1, 0.15) is 19.5 Å². The van der Waals surface area contributed by atoms with Crippen molar-refractivity contribution in [2.24, 2.45) is 0 Å². The second kappa shape index (κ2) is 5.64. The first-order valence-electron chi connectivity index (χ1n) is 5.97. The van der Waals surface area contributed by atoms with E-state index >= 15 is 0 Å². The van der Waals surface area contributed by atoms with Gasteiger partial charge in [-0.2, -0.15) is 5.10 Å². The van der Waals surface area contributed by atoms with Crippen molar-refractivity contribution in [1.82, 2.24) is 19.7 Å². The minimum absolute atomic E-state index is 0.725. The molecular weight excluding hydrogens is 341 g/mol. The van der Waals surface area contributed by atoms with E-state index in [1.54, 1.807) is 6.20 Å². The van der Waals surface area contributed by atoms with E-state index in [9.17, 15) is 0 Å². The van der Waals surface area contributed by atoms with Crippen molar-refractivity contribution in [3.8, 4) is 11.5 Å². The molecule has 0 amide bonds. The van der Waals surface area contributed by atoms with Gasteiger partial charge in [-0.25, -0.2) is 9.97 Å². The molecule has 0 radical (unpaired) electrons. The zero-order chi connectivity index (χ0) is 13.1. The minimum Gasteiger partial charge on any atom is -0.369 e. The topological polar surface area (TPSA) is 55.6 Å². The monoisotopic (exact) mass is 357 g/mol. The van der Waals surface area contributed by atoms with Gasteiger partial charge in [0.2, 0.25) is 0 Å². The molecule has 2 aromatic heterocycles. The van der Waals surface area contributed by atoms with Crippen molar-refractivity contribution in [2.45, 2.75) is 27.3 Å². The molecule has 0 saturated heterocycles. The summed E-state index contributed by atoms with van der Waals surface area (Å²) in [7, 11) is 0. The first-order chi connectivity index (χ1) is 8.67. The quantitative estimate of drug-likeness (QED) is 0.855. The first kappa shape index (κ1) is 13.3. The van der Waals surface area contributed by atoms with Gasteiger partial charge in [-0.05, 0) is 49.4 Å². The van der Waals surface area contributed by atoms with E-state index in [2.05, 4.69) is 56.8 Å². The molecule has 96 valence electrons.